The van der Waals surface area contributed by atoms with Crippen LogP contribution in [0, 0.1) is 0 Å². The van der Waals surface area contributed by atoms with Gasteiger partial charge in [0.2, 0.25) is 0 Å². The van der Waals surface area contributed by atoms with Gasteiger partial charge in [0, 0.05) is 36.6 Å². The third-order valence-electron chi connectivity index (χ3n) is 3.61. The summed E-state index contributed by atoms with van der Waals surface area (Å²) in [5.74, 6) is 1.04. The predicted molar refractivity (Wildman–Crippen MR) is 86.8 cm³/mol. The minimum absolute atomic E-state index is 0.160. The van der Waals surface area contributed by atoms with Crippen molar-refractivity contribution in [1.29, 1.82) is 0 Å². The summed E-state index contributed by atoms with van der Waals surface area (Å²) >= 11 is 0. The summed E-state index contributed by atoms with van der Waals surface area (Å²) in [5.41, 5.74) is 2.32. The van der Waals surface area contributed by atoms with E-state index < -0.39 is 0 Å². The van der Waals surface area contributed by atoms with Crippen molar-refractivity contribution in [3.8, 4) is 11.5 Å². The number of nitrogens with one attached hydrogen (secondary N) is 2. The van der Waals surface area contributed by atoms with Crippen LogP contribution in [0.2, 0.25) is 0 Å². The Balaban J connectivity index is 1.86. The number of amides is 1. The Morgan fingerprint density at radius 2 is 2.04 bits per heavy atom. The van der Waals surface area contributed by atoms with E-state index in [-0.39, 0.29) is 5.91 Å². The molecule has 0 aliphatic rings. The van der Waals surface area contributed by atoms with Gasteiger partial charge in [-0.1, -0.05) is 6.07 Å². The Morgan fingerprint density at radius 3 is 2.74 bits per heavy atom. The highest BCUT2D eigenvalue weighted by Gasteiger charge is 2.15. The molecule has 6 heteroatoms. The molecule has 23 heavy (non-hydrogen) atoms. The van der Waals surface area contributed by atoms with E-state index in [0.717, 1.165) is 16.5 Å². The molecule has 118 valence electrons. The zero-order valence-corrected chi connectivity index (χ0v) is 12.9. The van der Waals surface area contributed by atoms with Gasteiger partial charge < -0.3 is 19.8 Å². The first-order valence-corrected chi connectivity index (χ1v) is 7.13. The maximum Gasteiger partial charge on any atom is 0.253 e. The molecular weight excluding hydrogens is 294 g/mol. The smallest absolute Gasteiger partial charge is 0.253 e. The number of benzene rings is 1. The second-order valence-corrected chi connectivity index (χ2v) is 5.00. The molecule has 2 N–H and O–H groups in total. The number of carbonyl (C=O) groups excluding carboxylic acids is 1. The van der Waals surface area contributed by atoms with Gasteiger partial charge in [-0.3, -0.25) is 9.78 Å². The fraction of sp³-hybridized carbons (Fsp3) is 0.176. The van der Waals surface area contributed by atoms with Gasteiger partial charge in [-0.05, 0) is 17.7 Å². The zero-order chi connectivity index (χ0) is 16.2. The van der Waals surface area contributed by atoms with E-state index in [0.29, 0.717) is 23.6 Å². The number of methoxy groups -OCH3 is 2. The molecule has 0 fully saturated rings. The lowest BCUT2D eigenvalue weighted by Gasteiger charge is -2.08. The molecule has 0 unspecified atom stereocenters. The Morgan fingerprint density at radius 1 is 1.26 bits per heavy atom. The van der Waals surface area contributed by atoms with E-state index in [2.05, 4.69) is 15.3 Å². The van der Waals surface area contributed by atoms with Crippen LogP contribution in [0.25, 0.3) is 10.9 Å². The number of hydrogen-bond donors (Lipinski definition) is 2. The van der Waals surface area contributed by atoms with Crippen molar-refractivity contribution >= 4 is 16.8 Å². The molecule has 6 nitrogen and oxygen atoms in total. The lowest BCUT2D eigenvalue weighted by atomic mass is 10.1. The summed E-state index contributed by atoms with van der Waals surface area (Å²) in [5, 5.41) is 3.67. The number of aromatic amines is 1. The fourth-order valence-corrected chi connectivity index (χ4v) is 2.42. The van der Waals surface area contributed by atoms with Crippen molar-refractivity contribution in [3.63, 3.8) is 0 Å². The molecule has 0 aliphatic heterocycles. The minimum atomic E-state index is -0.160. The van der Waals surface area contributed by atoms with Crippen LogP contribution in [0.5, 0.6) is 11.5 Å². The van der Waals surface area contributed by atoms with Gasteiger partial charge in [0.15, 0.2) is 11.5 Å². The average Bonchev–Trinajstić information content (AvgIpc) is 3.02. The first-order valence-electron chi connectivity index (χ1n) is 7.13. The monoisotopic (exact) mass is 311 g/mol. The summed E-state index contributed by atoms with van der Waals surface area (Å²) in [7, 11) is 3.15. The zero-order valence-electron chi connectivity index (χ0n) is 12.9. The van der Waals surface area contributed by atoms with Crippen LogP contribution in [-0.2, 0) is 6.54 Å². The highest BCUT2D eigenvalue weighted by molar-refractivity contribution is 6.07. The van der Waals surface area contributed by atoms with Crippen LogP contribution in [0.1, 0.15) is 15.9 Å². The van der Waals surface area contributed by atoms with E-state index in [4.69, 9.17) is 9.47 Å². The van der Waals surface area contributed by atoms with E-state index in [9.17, 15) is 4.79 Å². The van der Waals surface area contributed by atoms with Crippen molar-refractivity contribution in [2.45, 2.75) is 6.54 Å². The van der Waals surface area contributed by atoms with Crippen LogP contribution >= 0.6 is 0 Å². The molecule has 2 heterocycles. The molecule has 0 saturated heterocycles. The van der Waals surface area contributed by atoms with E-state index in [1.807, 2.05) is 18.2 Å². The molecule has 0 radical (unpaired) electrons. The SMILES string of the molecule is COc1cc2[nH]cc(C(=O)NCc3cccnc3)c2cc1OC. The van der Waals surface area contributed by atoms with Crippen LogP contribution in [0.3, 0.4) is 0 Å². The molecule has 0 saturated carbocycles. The topological polar surface area (TPSA) is 76.2 Å². The predicted octanol–water partition coefficient (Wildman–Crippen LogP) is 2.51. The number of ether oxygens (including phenoxy) is 2. The molecule has 0 aliphatic carbocycles. The third-order valence-corrected chi connectivity index (χ3v) is 3.61. The Kier molecular flexibility index (Phi) is 4.14. The van der Waals surface area contributed by atoms with Gasteiger partial charge in [0.05, 0.1) is 25.3 Å². The fourth-order valence-electron chi connectivity index (χ4n) is 2.42. The maximum atomic E-state index is 12.4. The van der Waals surface area contributed by atoms with Crippen LogP contribution in [0.15, 0.2) is 42.9 Å². The van der Waals surface area contributed by atoms with Gasteiger partial charge in [0.1, 0.15) is 0 Å². The van der Waals surface area contributed by atoms with E-state index >= 15 is 0 Å². The van der Waals surface area contributed by atoms with Gasteiger partial charge in [-0.15, -0.1) is 0 Å². The van der Waals surface area contributed by atoms with Crippen molar-refractivity contribution in [3.05, 3.63) is 54.0 Å². The number of H-pyrrole nitrogens is 1. The number of carbonyl (C=O) groups is 1. The lowest BCUT2D eigenvalue weighted by Crippen LogP contribution is -2.22. The van der Waals surface area contributed by atoms with Crippen LogP contribution < -0.4 is 14.8 Å². The Labute approximate surface area is 133 Å². The average molecular weight is 311 g/mol. The van der Waals surface area contributed by atoms with Gasteiger partial charge in [-0.2, -0.15) is 0 Å². The van der Waals surface area contributed by atoms with Gasteiger partial charge in [0.25, 0.3) is 5.91 Å². The first kappa shape index (κ1) is 14.9. The number of rotatable bonds is 5. The molecule has 1 amide bonds. The summed E-state index contributed by atoms with van der Waals surface area (Å²) in [6.07, 6.45) is 5.11. The summed E-state index contributed by atoms with van der Waals surface area (Å²) in [6.45, 7) is 0.423. The second-order valence-electron chi connectivity index (χ2n) is 5.00. The second kappa shape index (κ2) is 6.39. The van der Waals surface area contributed by atoms with E-state index in [1.165, 1.54) is 0 Å². The summed E-state index contributed by atoms with van der Waals surface area (Å²) in [6, 6.07) is 7.36. The van der Waals surface area contributed by atoms with Crippen molar-refractivity contribution in [2.75, 3.05) is 14.2 Å². The van der Waals surface area contributed by atoms with Crippen molar-refractivity contribution in [2.24, 2.45) is 0 Å². The molecule has 3 rings (SSSR count). The summed E-state index contributed by atoms with van der Waals surface area (Å²) < 4.78 is 10.6. The Hall–Kier alpha value is -3.02. The highest BCUT2D eigenvalue weighted by atomic mass is 16.5. The molecule has 2 aromatic heterocycles. The largest absolute Gasteiger partial charge is 0.493 e. The molecule has 0 atom stereocenters. The van der Waals surface area contributed by atoms with Crippen LogP contribution in [0.4, 0.5) is 0 Å². The maximum absolute atomic E-state index is 12.4. The normalized spacial score (nSPS) is 10.5. The molecule has 3 aromatic rings. The van der Waals surface area contributed by atoms with Crippen LogP contribution in [-0.4, -0.2) is 30.1 Å². The quantitative estimate of drug-likeness (QED) is 0.759. The van der Waals surface area contributed by atoms with Crippen molar-refractivity contribution in [1.82, 2.24) is 15.3 Å². The standard InChI is InChI=1S/C17H17N3O3/c1-22-15-6-12-13(10-19-14(12)7-16(15)23-2)17(21)20-9-11-4-3-5-18-8-11/h3-8,10,19H,9H2,1-2H3,(H,20,21). The molecule has 1 aromatic carbocycles. The lowest BCUT2D eigenvalue weighted by molar-refractivity contribution is 0.0952. The molecule has 0 bridgehead atoms. The number of nitrogens with zero attached hydrogens (tertiary/aromatic N) is 1. The first-order chi connectivity index (χ1) is 11.2. The Bertz CT molecular complexity index is 828. The van der Waals surface area contributed by atoms with E-state index in [1.54, 1.807) is 38.9 Å². The highest BCUT2D eigenvalue weighted by Crippen LogP contribution is 2.33. The van der Waals surface area contributed by atoms with Crippen molar-refractivity contribution < 1.29 is 14.3 Å². The number of pyridine rings is 1. The molecular formula is C17H17N3O3. The van der Waals surface area contributed by atoms with Gasteiger partial charge >= 0.3 is 0 Å². The minimum Gasteiger partial charge on any atom is -0.493 e. The number of aromatic nitrogens is 2. The number of hydrogen-bond acceptors (Lipinski definition) is 4. The van der Waals surface area contributed by atoms with Gasteiger partial charge in [-0.25, -0.2) is 0 Å². The molecule has 0 spiro atoms. The summed E-state index contributed by atoms with van der Waals surface area (Å²) in [4.78, 5) is 19.5. The third kappa shape index (κ3) is 2.96. The number of fused-ring (bicyclic) bond motifs is 1.